The van der Waals surface area contributed by atoms with Crippen molar-refractivity contribution in [3.63, 3.8) is 0 Å². The zero-order chi connectivity index (χ0) is 22.1. The number of nitriles is 1. The molecular weight excluding hydrogens is 398 g/mol. The number of aromatic nitrogens is 2. The number of para-hydroxylation sites is 2. The van der Waals surface area contributed by atoms with Gasteiger partial charge in [0.25, 0.3) is 0 Å². The number of hydrogen-bond donors (Lipinski definition) is 1. The molecule has 0 radical (unpaired) electrons. The van der Waals surface area contributed by atoms with Crippen LogP contribution in [0.15, 0.2) is 52.6 Å². The third-order valence-electron chi connectivity index (χ3n) is 5.08. The summed E-state index contributed by atoms with van der Waals surface area (Å²) in [5.74, 6) is -0.203. The van der Waals surface area contributed by atoms with Gasteiger partial charge < -0.3 is 23.6 Å². The second kappa shape index (κ2) is 7.88. The number of ether oxygens (including phenoxy) is 2. The molecule has 1 N–H and O–H groups in total. The van der Waals surface area contributed by atoms with Crippen molar-refractivity contribution < 1.29 is 23.8 Å². The molecule has 0 bridgehead atoms. The van der Waals surface area contributed by atoms with E-state index in [4.69, 9.17) is 13.9 Å². The van der Waals surface area contributed by atoms with E-state index in [0.717, 1.165) is 10.9 Å². The summed E-state index contributed by atoms with van der Waals surface area (Å²) in [5, 5.41) is 20.8. The molecule has 0 aliphatic heterocycles. The van der Waals surface area contributed by atoms with Crippen molar-refractivity contribution in [3.8, 4) is 11.8 Å². The Morgan fingerprint density at radius 3 is 2.77 bits per heavy atom. The second-order valence-electron chi connectivity index (χ2n) is 6.91. The average molecular weight is 417 g/mol. The number of carbonyl (C=O) groups excluding carboxylic acids is 1. The van der Waals surface area contributed by atoms with Gasteiger partial charge in [0.15, 0.2) is 18.2 Å². The van der Waals surface area contributed by atoms with Crippen LogP contribution in [0.2, 0.25) is 0 Å². The number of aliphatic hydroxyl groups excluding tert-OH is 1. The Morgan fingerprint density at radius 2 is 2.06 bits per heavy atom. The zero-order valence-corrected chi connectivity index (χ0v) is 17.2. The van der Waals surface area contributed by atoms with E-state index in [1.54, 1.807) is 43.8 Å². The van der Waals surface area contributed by atoms with E-state index in [1.165, 1.54) is 0 Å². The van der Waals surface area contributed by atoms with E-state index in [-0.39, 0.29) is 17.2 Å². The number of carbonyl (C=O) groups is 1. The predicted molar refractivity (Wildman–Crippen MR) is 114 cm³/mol. The van der Waals surface area contributed by atoms with Crippen molar-refractivity contribution in [1.29, 1.82) is 5.26 Å². The maximum absolute atomic E-state index is 12.6. The summed E-state index contributed by atoms with van der Waals surface area (Å²) in [7, 11) is 3.30. The van der Waals surface area contributed by atoms with Crippen molar-refractivity contribution in [3.05, 3.63) is 65.4 Å². The Bertz CT molecular complexity index is 1390. The molecule has 0 amide bonds. The Morgan fingerprint density at radius 1 is 1.29 bits per heavy atom. The number of aryl methyl sites for hydroxylation is 2. The molecule has 0 aliphatic rings. The lowest BCUT2D eigenvalue weighted by Gasteiger charge is -2.06. The lowest BCUT2D eigenvalue weighted by atomic mass is 10.1. The number of rotatable bonds is 5. The van der Waals surface area contributed by atoms with Crippen LogP contribution in [0.25, 0.3) is 27.6 Å². The molecule has 31 heavy (non-hydrogen) atoms. The molecule has 0 aliphatic carbocycles. The first-order chi connectivity index (χ1) is 14.9. The first kappa shape index (κ1) is 20.0. The minimum Gasteiger partial charge on any atom is -0.507 e. The molecule has 0 saturated heterocycles. The van der Waals surface area contributed by atoms with Crippen LogP contribution in [0.1, 0.15) is 21.9 Å². The maximum Gasteiger partial charge on any atom is 0.375 e. The Labute approximate surface area is 177 Å². The fourth-order valence-corrected chi connectivity index (χ4v) is 3.41. The van der Waals surface area contributed by atoms with Gasteiger partial charge >= 0.3 is 5.97 Å². The number of allylic oxidation sites excluding steroid dienone is 1. The topological polar surface area (TPSA) is 111 Å². The molecule has 0 atom stereocenters. The monoisotopic (exact) mass is 417 g/mol. The Kier molecular flexibility index (Phi) is 5.09. The van der Waals surface area contributed by atoms with Gasteiger partial charge in [-0.25, -0.2) is 9.78 Å². The van der Waals surface area contributed by atoms with E-state index in [1.807, 2.05) is 30.3 Å². The fourth-order valence-electron chi connectivity index (χ4n) is 3.41. The van der Waals surface area contributed by atoms with E-state index < -0.39 is 18.3 Å². The minimum atomic E-state index is -0.749. The molecule has 2 aromatic heterocycles. The molecule has 8 nitrogen and oxygen atoms in total. The van der Waals surface area contributed by atoms with Crippen LogP contribution in [-0.4, -0.2) is 34.3 Å². The van der Waals surface area contributed by atoms with Crippen LogP contribution in [-0.2, 0) is 11.8 Å². The fraction of sp³-hybridized carbons (Fsp3) is 0.174. The molecule has 4 aromatic rings. The van der Waals surface area contributed by atoms with Crippen LogP contribution in [0.5, 0.6) is 5.75 Å². The largest absolute Gasteiger partial charge is 0.507 e. The number of hydrogen-bond acceptors (Lipinski definition) is 7. The van der Waals surface area contributed by atoms with Crippen LogP contribution in [0.4, 0.5) is 0 Å². The molecule has 0 fully saturated rings. The highest BCUT2D eigenvalue weighted by atomic mass is 16.6. The van der Waals surface area contributed by atoms with Crippen molar-refractivity contribution in [2.45, 2.75) is 6.92 Å². The average Bonchev–Trinajstić information content (AvgIpc) is 3.29. The quantitative estimate of drug-likeness (QED) is 0.293. The summed E-state index contributed by atoms with van der Waals surface area (Å²) in [6, 6.07) is 14.5. The van der Waals surface area contributed by atoms with E-state index in [0.29, 0.717) is 22.4 Å². The molecule has 4 rings (SSSR count). The zero-order valence-electron chi connectivity index (χ0n) is 17.2. The first-order valence-corrected chi connectivity index (χ1v) is 9.43. The first-order valence-electron chi connectivity index (χ1n) is 9.43. The van der Waals surface area contributed by atoms with E-state index in [9.17, 15) is 15.2 Å². The third kappa shape index (κ3) is 3.46. The summed E-state index contributed by atoms with van der Waals surface area (Å²) in [6.45, 7) is 1.24. The predicted octanol–water partition coefficient (Wildman–Crippen LogP) is 4.29. The number of fused-ring (bicyclic) bond motifs is 2. The van der Waals surface area contributed by atoms with E-state index >= 15 is 0 Å². The van der Waals surface area contributed by atoms with Gasteiger partial charge in [-0.2, -0.15) is 5.26 Å². The Balaban J connectivity index is 1.60. The molecule has 0 saturated carbocycles. The molecule has 2 aromatic carbocycles. The summed E-state index contributed by atoms with van der Waals surface area (Å²) >= 11 is 0. The van der Waals surface area contributed by atoms with Crippen LogP contribution in [0.3, 0.4) is 0 Å². The van der Waals surface area contributed by atoms with Crippen LogP contribution in [0, 0.1) is 18.3 Å². The van der Waals surface area contributed by atoms with Gasteiger partial charge in [-0.1, -0.05) is 12.1 Å². The highest BCUT2D eigenvalue weighted by Gasteiger charge is 2.22. The summed E-state index contributed by atoms with van der Waals surface area (Å²) in [5.41, 5.74) is 2.53. The van der Waals surface area contributed by atoms with Gasteiger partial charge in [0, 0.05) is 18.0 Å². The number of methoxy groups -OCH3 is 1. The lowest BCUT2D eigenvalue weighted by molar-refractivity contribution is 0.0468. The standard InChI is InChI=1S/C23H19N3O5/c1-13-15-10-14(29-3)8-9-20(15)31-21(13)23(28)30-12-19(27)16(11-24)22-25-17-6-4-5-7-18(17)26(22)2/h4-10,27H,12H2,1-3H3/b19-16-. The van der Waals surface area contributed by atoms with Crippen molar-refractivity contribution >= 4 is 33.5 Å². The lowest BCUT2D eigenvalue weighted by Crippen LogP contribution is -2.10. The number of nitrogens with zero attached hydrogens (tertiary/aromatic N) is 3. The highest BCUT2D eigenvalue weighted by Crippen LogP contribution is 2.29. The highest BCUT2D eigenvalue weighted by molar-refractivity contribution is 5.96. The van der Waals surface area contributed by atoms with Crippen molar-refractivity contribution in [2.75, 3.05) is 13.7 Å². The molecule has 0 spiro atoms. The van der Waals surface area contributed by atoms with Crippen LogP contribution < -0.4 is 4.74 Å². The number of esters is 1. The van der Waals surface area contributed by atoms with Gasteiger partial charge in [0.05, 0.1) is 18.1 Å². The van der Waals surface area contributed by atoms with E-state index in [2.05, 4.69) is 4.98 Å². The van der Waals surface area contributed by atoms with Gasteiger partial charge in [-0.3, -0.25) is 0 Å². The van der Waals surface area contributed by atoms with Crippen LogP contribution >= 0.6 is 0 Å². The van der Waals surface area contributed by atoms with Crippen molar-refractivity contribution in [2.24, 2.45) is 7.05 Å². The summed E-state index contributed by atoms with van der Waals surface area (Å²) < 4.78 is 17.7. The minimum absolute atomic E-state index is 0.0253. The summed E-state index contributed by atoms with van der Waals surface area (Å²) in [4.78, 5) is 17.0. The van der Waals surface area contributed by atoms with Crippen molar-refractivity contribution in [1.82, 2.24) is 9.55 Å². The summed E-state index contributed by atoms with van der Waals surface area (Å²) in [6.07, 6.45) is 0. The smallest absolute Gasteiger partial charge is 0.375 e. The molecule has 2 heterocycles. The maximum atomic E-state index is 12.6. The molecule has 156 valence electrons. The number of aliphatic hydroxyl groups is 1. The van der Waals surface area contributed by atoms with Gasteiger partial charge in [0.1, 0.15) is 23.0 Å². The second-order valence-corrected chi connectivity index (χ2v) is 6.91. The van der Waals surface area contributed by atoms with Gasteiger partial charge in [-0.05, 0) is 37.3 Å². The number of imidazole rings is 1. The SMILES string of the molecule is COc1ccc2oc(C(=O)OC/C(O)=C(\C#N)c3nc4ccccc4n3C)c(C)c2c1. The van der Waals surface area contributed by atoms with Gasteiger partial charge in [-0.15, -0.1) is 0 Å². The molecular formula is C23H19N3O5. The van der Waals surface area contributed by atoms with Gasteiger partial charge in [0.2, 0.25) is 5.76 Å². The third-order valence-corrected chi connectivity index (χ3v) is 5.08. The normalized spacial score (nSPS) is 11.9. The number of benzene rings is 2. The molecule has 0 unspecified atom stereocenters. The Hall–Kier alpha value is -4.25. The number of furan rings is 1. The molecule has 8 heteroatoms.